The summed E-state index contributed by atoms with van der Waals surface area (Å²) in [5, 5.41) is 10.8. The quantitative estimate of drug-likeness (QED) is 0.785. The number of para-hydroxylation sites is 1. The van der Waals surface area contributed by atoms with Crippen LogP contribution in [0.4, 0.5) is 4.39 Å². The van der Waals surface area contributed by atoms with Gasteiger partial charge in [0.25, 0.3) is 0 Å². The van der Waals surface area contributed by atoms with Gasteiger partial charge < -0.3 is 9.84 Å². The highest BCUT2D eigenvalue weighted by Crippen LogP contribution is 2.29. The lowest BCUT2D eigenvalue weighted by atomic mass is 10.2. The van der Waals surface area contributed by atoms with E-state index in [0.29, 0.717) is 29.9 Å². The maximum atomic E-state index is 13.0. The summed E-state index contributed by atoms with van der Waals surface area (Å²) in [6, 6.07) is 14.2. The highest BCUT2D eigenvalue weighted by molar-refractivity contribution is 6.32. The summed E-state index contributed by atoms with van der Waals surface area (Å²) in [4.78, 5) is 2.23. The van der Waals surface area contributed by atoms with Crippen molar-refractivity contribution < 1.29 is 14.2 Å². The predicted octanol–water partition coefficient (Wildman–Crippen LogP) is 3.88. The van der Waals surface area contributed by atoms with Gasteiger partial charge in [-0.25, -0.2) is 4.39 Å². The normalized spacial score (nSPS) is 15.5. The predicted molar refractivity (Wildman–Crippen MR) is 92.8 cm³/mol. The molecule has 1 unspecified atom stereocenters. The highest BCUT2D eigenvalue weighted by Gasteiger charge is 2.30. The third kappa shape index (κ3) is 4.94. The van der Waals surface area contributed by atoms with Gasteiger partial charge in [0.05, 0.1) is 5.02 Å². The van der Waals surface area contributed by atoms with Crippen LogP contribution in [0.3, 0.4) is 0 Å². The molecular weight excluding hydrogens is 329 g/mol. The molecule has 0 saturated heterocycles. The van der Waals surface area contributed by atoms with Crippen molar-refractivity contribution in [2.24, 2.45) is 0 Å². The van der Waals surface area contributed by atoms with Crippen molar-refractivity contribution in [1.29, 1.82) is 0 Å². The first-order valence-corrected chi connectivity index (χ1v) is 8.53. The molecule has 0 bridgehead atoms. The van der Waals surface area contributed by atoms with Crippen molar-refractivity contribution in [2.45, 2.75) is 31.5 Å². The van der Waals surface area contributed by atoms with E-state index >= 15 is 0 Å². The minimum Gasteiger partial charge on any atom is -0.489 e. The van der Waals surface area contributed by atoms with Crippen LogP contribution in [0, 0.1) is 5.82 Å². The molecule has 0 amide bonds. The molecular formula is C19H21ClFNO2. The zero-order chi connectivity index (χ0) is 16.9. The molecule has 0 aromatic heterocycles. The van der Waals surface area contributed by atoms with Gasteiger partial charge in [0.2, 0.25) is 0 Å². The Bertz CT molecular complexity index is 661. The largest absolute Gasteiger partial charge is 0.489 e. The second-order valence-electron chi connectivity index (χ2n) is 6.18. The molecule has 2 aromatic rings. The summed E-state index contributed by atoms with van der Waals surface area (Å²) in [6.45, 7) is 1.41. The van der Waals surface area contributed by atoms with Gasteiger partial charge in [-0.15, -0.1) is 0 Å². The molecule has 1 aliphatic carbocycles. The van der Waals surface area contributed by atoms with Gasteiger partial charge in [0.1, 0.15) is 24.3 Å². The molecule has 1 N–H and O–H groups in total. The van der Waals surface area contributed by atoms with Gasteiger partial charge in [-0.2, -0.15) is 0 Å². The smallest absolute Gasteiger partial charge is 0.138 e. The van der Waals surface area contributed by atoms with E-state index in [4.69, 9.17) is 16.3 Å². The first-order chi connectivity index (χ1) is 11.6. The molecule has 1 atom stereocenters. The van der Waals surface area contributed by atoms with Crippen LogP contribution in [-0.2, 0) is 6.54 Å². The van der Waals surface area contributed by atoms with Gasteiger partial charge in [0.15, 0.2) is 0 Å². The lowest BCUT2D eigenvalue weighted by molar-refractivity contribution is 0.0626. The molecule has 128 valence electrons. The maximum Gasteiger partial charge on any atom is 0.138 e. The second-order valence-corrected chi connectivity index (χ2v) is 6.59. The topological polar surface area (TPSA) is 32.7 Å². The summed E-state index contributed by atoms with van der Waals surface area (Å²) in [6.07, 6.45) is 1.67. The number of hydrogen-bond acceptors (Lipinski definition) is 3. The van der Waals surface area contributed by atoms with Crippen LogP contribution in [0.5, 0.6) is 5.75 Å². The van der Waals surface area contributed by atoms with Gasteiger partial charge in [-0.1, -0.05) is 35.9 Å². The summed E-state index contributed by atoms with van der Waals surface area (Å²) in [7, 11) is 0. The van der Waals surface area contributed by atoms with E-state index in [1.54, 1.807) is 24.3 Å². The number of nitrogens with zero attached hydrogens (tertiary/aromatic N) is 1. The Labute approximate surface area is 146 Å². The average Bonchev–Trinajstić information content (AvgIpc) is 3.40. The van der Waals surface area contributed by atoms with Crippen molar-refractivity contribution in [3.63, 3.8) is 0 Å². The Balaban J connectivity index is 1.53. The number of ether oxygens (including phenoxy) is 1. The number of halogens is 2. The van der Waals surface area contributed by atoms with Gasteiger partial charge in [0, 0.05) is 19.1 Å². The maximum absolute atomic E-state index is 13.0. The van der Waals surface area contributed by atoms with Crippen LogP contribution < -0.4 is 4.74 Å². The molecule has 1 fully saturated rings. The van der Waals surface area contributed by atoms with Crippen LogP contribution in [0.15, 0.2) is 48.5 Å². The molecule has 24 heavy (non-hydrogen) atoms. The van der Waals surface area contributed by atoms with E-state index in [2.05, 4.69) is 4.90 Å². The molecule has 5 heteroatoms. The number of benzene rings is 2. The van der Waals surface area contributed by atoms with Crippen LogP contribution in [0.25, 0.3) is 0 Å². The monoisotopic (exact) mass is 349 g/mol. The minimum atomic E-state index is -0.609. The van der Waals surface area contributed by atoms with Gasteiger partial charge in [-0.3, -0.25) is 4.90 Å². The summed E-state index contributed by atoms with van der Waals surface area (Å²) in [5.74, 6) is 0.347. The van der Waals surface area contributed by atoms with Crippen molar-refractivity contribution in [2.75, 3.05) is 13.2 Å². The molecule has 1 aliphatic rings. The zero-order valence-electron chi connectivity index (χ0n) is 13.4. The Morgan fingerprint density at radius 3 is 2.54 bits per heavy atom. The van der Waals surface area contributed by atoms with E-state index in [-0.39, 0.29) is 12.4 Å². The lowest BCUT2D eigenvalue weighted by Crippen LogP contribution is -2.36. The molecule has 1 saturated carbocycles. The van der Waals surface area contributed by atoms with E-state index in [9.17, 15) is 9.50 Å². The summed E-state index contributed by atoms with van der Waals surface area (Å²) >= 11 is 6.05. The standard InChI is InChI=1S/C19H21ClFNO2/c20-18-3-1-2-4-19(18)24-13-17(23)12-22(16-9-10-16)11-14-5-7-15(21)8-6-14/h1-8,16-17,23H,9-13H2. The third-order valence-corrected chi connectivity index (χ3v) is 4.39. The summed E-state index contributed by atoms with van der Waals surface area (Å²) < 4.78 is 18.6. The third-order valence-electron chi connectivity index (χ3n) is 4.08. The highest BCUT2D eigenvalue weighted by atomic mass is 35.5. The fraction of sp³-hybridized carbons (Fsp3) is 0.368. The Morgan fingerprint density at radius 1 is 1.17 bits per heavy atom. The molecule has 2 aromatic carbocycles. The van der Waals surface area contributed by atoms with E-state index in [1.165, 1.54) is 12.1 Å². The fourth-order valence-electron chi connectivity index (χ4n) is 2.68. The first kappa shape index (κ1) is 17.2. The van der Waals surface area contributed by atoms with Crippen molar-refractivity contribution in [3.05, 3.63) is 64.9 Å². The minimum absolute atomic E-state index is 0.191. The number of hydrogen-bond donors (Lipinski definition) is 1. The van der Waals surface area contributed by atoms with Crippen molar-refractivity contribution in [1.82, 2.24) is 4.90 Å². The number of aliphatic hydroxyl groups excluding tert-OH is 1. The number of rotatable bonds is 8. The van der Waals surface area contributed by atoms with Crippen LogP contribution in [0.1, 0.15) is 18.4 Å². The molecule has 0 aliphatic heterocycles. The van der Waals surface area contributed by atoms with Gasteiger partial charge in [-0.05, 0) is 42.7 Å². The van der Waals surface area contributed by atoms with Crippen LogP contribution in [0.2, 0.25) is 5.02 Å². The average molecular weight is 350 g/mol. The van der Waals surface area contributed by atoms with Crippen LogP contribution >= 0.6 is 11.6 Å². The first-order valence-electron chi connectivity index (χ1n) is 8.15. The van der Waals surface area contributed by atoms with Crippen molar-refractivity contribution in [3.8, 4) is 5.75 Å². The van der Waals surface area contributed by atoms with Gasteiger partial charge >= 0.3 is 0 Å². The Morgan fingerprint density at radius 2 is 1.88 bits per heavy atom. The van der Waals surface area contributed by atoms with E-state index in [0.717, 1.165) is 18.4 Å². The second kappa shape index (κ2) is 7.97. The molecule has 0 radical (unpaired) electrons. The molecule has 0 heterocycles. The van der Waals surface area contributed by atoms with E-state index in [1.807, 2.05) is 12.1 Å². The molecule has 0 spiro atoms. The zero-order valence-corrected chi connectivity index (χ0v) is 14.1. The lowest BCUT2D eigenvalue weighted by Gasteiger charge is -2.25. The Hall–Kier alpha value is -1.62. The van der Waals surface area contributed by atoms with Crippen LogP contribution in [-0.4, -0.2) is 35.3 Å². The number of aliphatic hydroxyl groups is 1. The Kier molecular flexibility index (Phi) is 5.72. The molecule has 3 nitrogen and oxygen atoms in total. The fourth-order valence-corrected chi connectivity index (χ4v) is 2.87. The van der Waals surface area contributed by atoms with E-state index < -0.39 is 6.10 Å². The molecule has 3 rings (SSSR count). The summed E-state index contributed by atoms with van der Waals surface area (Å²) in [5.41, 5.74) is 1.04. The van der Waals surface area contributed by atoms with Crippen molar-refractivity contribution >= 4 is 11.6 Å². The SMILES string of the molecule is OC(COc1ccccc1Cl)CN(Cc1ccc(F)cc1)C1CC1.